The molecule has 74 valence electrons. The van der Waals surface area contributed by atoms with Crippen LogP contribution >= 0.6 is 0 Å². The highest BCUT2D eigenvalue weighted by atomic mass is 16.1. The van der Waals surface area contributed by atoms with Crippen molar-refractivity contribution in [3.05, 3.63) is 35.4 Å². The molecule has 14 heavy (non-hydrogen) atoms. The van der Waals surface area contributed by atoms with E-state index in [9.17, 15) is 4.79 Å². The summed E-state index contributed by atoms with van der Waals surface area (Å²) in [6.07, 6.45) is 0.915. The van der Waals surface area contributed by atoms with Crippen LogP contribution in [0.5, 0.6) is 0 Å². The molecule has 1 aliphatic rings. The smallest absolute Gasteiger partial charge is 0.134 e. The maximum absolute atomic E-state index is 11.5. The molecule has 0 heterocycles. The van der Waals surface area contributed by atoms with Gasteiger partial charge >= 0.3 is 0 Å². The van der Waals surface area contributed by atoms with Crippen molar-refractivity contribution in [2.24, 2.45) is 5.92 Å². The number of carbonyl (C=O) groups excluding carboxylic acids is 1. The maximum Gasteiger partial charge on any atom is 0.134 e. The Bertz CT molecular complexity index is 377. The van der Waals surface area contributed by atoms with Crippen LogP contribution in [0.2, 0.25) is 0 Å². The molecule has 1 heteroatoms. The summed E-state index contributed by atoms with van der Waals surface area (Å²) in [6.45, 7) is 6.05. The summed E-state index contributed by atoms with van der Waals surface area (Å²) in [4.78, 5) is 11.5. The lowest BCUT2D eigenvalue weighted by Gasteiger charge is -2.26. The first-order chi connectivity index (χ1) is 6.53. The van der Waals surface area contributed by atoms with E-state index in [1.807, 2.05) is 0 Å². The molecule has 0 saturated heterocycles. The largest absolute Gasteiger partial charge is 0.300 e. The van der Waals surface area contributed by atoms with E-state index in [1.165, 1.54) is 11.1 Å². The lowest BCUT2D eigenvalue weighted by molar-refractivity contribution is -0.122. The summed E-state index contributed by atoms with van der Waals surface area (Å²) in [5.74, 6) is 0.478. The summed E-state index contributed by atoms with van der Waals surface area (Å²) < 4.78 is 0. The van der Waals surface area contributed by atoms with Crippen molar-refractivity contribution in [3.63, 3.8) is 0 Å². The van der Waals surface area contributed by atoms with E-state index in [0.29, 0.717) is 5.78 Å². The summed E-state index contributed by atoms with van der Waals surface area (Å²) in [6, 6.07) is 8.40. The molecule has 0 bridgehead atoms. The number of fused-ring (bicyclic) bond motifs is 1. The van der Waals surface area contributed by atoms with Gasteiger partial charge in [-0.25, -0.2) is 0 Å². The van der Waals surface area contributed by atoms with Crippen molar-refractivity contribution in [1.82, 2.24) is 0 Å². The first-order valence-electron chi connectivity index (χ1n) is 5.12. The Balaban J connectivity index is 2.50. The average Bonchev–Trinajstić information content (AvgIpc) is 2.39. The van der Waals surface area contributed by atoms with E-state index in [4.69, 9.17) is 0 Å². The summed E-state index contributed by atoms with van der Waals surface area (Å²) >= 11 is 0. The van der Waals surface area contributed by atoms with Gasteiger partial charge in [0.15, 0.2) is 0 Å². The predicted molar refractivity (Wildman–Crippen MR) is 57.3 cm³/mol. The molecule has 0 saturated carbocycles. The summed E-state index contributed by atoms with van der Waals surface area (Å²) in [5.41, 5.74) is 2.71. The van der Waals surface area contributed by atoms with E-state index in [-0.39, 0.29) is 11.3 Å². The number of rotatable bonds is 1. The summed E-state index contributed by atoms with van der Waals surface area (Å²) in [7, 11) is 0. The Morgan fingerprint density at radius 2 is 2.00 bits per heavy atom. The van der Waals surface area contributed by atoms with Gasteiger partial charge in [-0.2, -0.15) is 0 Å². The van der Waals surface area contributed by atoms with Gasteiger partial charge in [0.2, 0.25) is 0 Å². The molecular weight excluding hydrogens is 172 g/mol. The molecule has 0 aromatic heterocycles. The molecule has 0 spiro atoms. The number of hydrogen-bond donors (Lipinski definition) is 0. The zero-order chi connectivity index (χ0) is 10.3. The molecule has 0 fully saturated rings. The van der Waals surface area contributed by atoms with Crippen molar-refractivity contribution in [2.75, 3.05) is 0 Å². The summed E-state index contributed by atoms with van der Waals surface area (Å²) in [5, 5.41) is 0. The molecule has 0 radical (unpaired) electrons. The second-order valence-electron chi connectivity index (χ2n) is 4.75. The normalized spacial score (nSPS) is 23.2. The van der Waals surface area contributed by atoms with Crippen LogP contribution < -0.4 is 0 Å². The molecule has 1 aromatic rings. The van der Waals surface area contributed by atoms with Gasteiger partial charge in [0, 0.05) is 5.92 Å². The molecule has 1 aromatic carbocycles. The van der Waals surface area contributed by atoms with Crippen molar-refractivity contribution in [3.8, 4) is 0 Å². The average molecular weight is 188 g/mol. The fourth-order valence-corrected chi connectivity index (χ4v) is 2.64. The maximum atomic E-state index is 11.5. The minimum Gasteiger partial charge on any atom is -0.300 e. The van der Waals surface area contributed by atoms with E-state index in [0.717, 1.165) is 6.42 Å². The van der Waals surface area contributed by atoms with Gasteiger partial charge in [-0.15, -0.1) is 0 Å². The standard InChI is InChI=1S/C13H16O/c1-9(14)12-8-10-6-4-5-7-11(10)13(12,2)3/h4-7,12H,8H2,1-3H3. The minimum atomic E-state index is 0.0163. The molecule has 1 aliphatic carbocycles. The van der Waals surface area contributed by atoms with Crippen molar-refractivity contribution < 1.29 is 4.79 Å². The van der Waals surface area contributed by atoms with Gasteiger partial charge in [-0.3, -0.25) is 4.79 Å². The third-order valence-electron chi connectivity index (χ3n) is 3.50. The van der Waals surface area contributed by atoms with E-state index < -0.39 is 0 Å². The highest BCUT2D eigenvalue weighted by Crippen LogP contribution is 2.42. The molecule has 0 aliphatic heterocycles. The number of Topliss-reactive ketones (excluding diaryl/α,β-unsaturated/α-hetero) is 1. The monoisotopic (exact) mass is 188 g/mol. The van der Waals surface area contributed by atoms with Gasteiger partial charge in [0.1, 0.15) is 5.78 Å². The van der Waals surface area contributed by atoms with Crippen LogP contribution in [0.1, 0.15) is 31.9 Å². The van der Waals surface area contributed by atoms with Crippen LogP contribution in [0.3, 0.4) is 0 Å². The Labute approximate surface area is 85.1 Å². The fraction of sp³-hybridized carbons (Fsp3) is 0.462. The first kappa shape index (κ1) is 9.45. The molecular formula is C13H16O. The van der Waals surface area contributed by atoms with Crippen molar-refractivity contribution >= 4 is 5.78 Å². The first-order valence-corrected chi connectivity index (χ1v) is 5.12. The van der Waals surface area contributed by atoms with Crippen LogP contribution in [0, 0.1) is 5.92 Å². The number of carbonyl (C=O) groups is 1. The van der Waals surface area contributed by atoms with Crippen molar-refractivity contribution in [2.45, 2.75) is 32.6 Å². The molecule has 0 amide bonds. The Morgan fingerprint density at radius 1 is 1.36 bits per heavy atom. The molecule has 1 unspecified atom stereocenters. The predicted octanol–water partition coefficient (Wildman–Crippen LogP) is 2.73. The van der Waals surface area contributed by atoms with Gasteiger partial charge in [0.05, 0.1) is 0 Å². The third kappa shape index (κ3) is 1.19. The number of benzene rings is 1. The van der Waals surface area contributed by atoms with Gasteiger partial charge < -0.3 is 0 Å². The van der Waals surface area contributed by atoms with E-state index >= 15 is 0 Å². The second kappa shape index (κ2) is 2.94. The van der Waals surface area contributed by atoms with Crippen LogP contribution in [0.4, 0.5) is 0 Å². The Morgan fingerprint density at radius 3 is 2.57 bits per heavy atom. The molecule has 1 atom stereocenters. The number of hydrogen-bond acceptors (Lipinski definition) is 1. The Hall–Kier alpha value is -1.11. The highest BCUT2D eigenvalue weighted by molar-refractivity contribution is 5.81. The van der Waals surface area contributed by atoms with Crippen LogP contribution in [-0.4, -0.2) is 5.78 Å². The van der Waals surface area contributed by atoms with E-state index in [1.54, 1.807) is 6.92 Å². The van der Waals surface area contributed by atoms with E-state index in [2.05, 4.69) is 38.1 Å². The Kier molecular flexibility index (Phi) is 1.99. The van der Waals surface area contributed by atoms with Gasteiger partial charge in [0.25, 0.3) is 0 Å². The van der Waals surface area contributed by atoms with Gasteiger partial charge in [-0.1, -0.05) is 38.1 Å². The van der Waals surface area contributed by atoms with Crippen LogP contribution in [0.15, 0.2) is 24.3 Å². The fourth-order valence-electron chi connectivity index (χ4n) is 2.64. The van der Waals surface area contributed by atoms with Crippen molar-refractivity contribution in [1.29, 1.82) is 0 Å². The lowest BCUT2D eigenvalue weighted by Crippen LogP contribution is -2.29. The minimum absolute atomic E-state index is 0.0163. The topological polar surface area (TPSA) is 17.1 Å². The molecule has 2 rings (SSSR count). The quantitative estimate of drug-likeness (QED) is 0.662. The third-order valence-corrected chi connectivity index (χ3v) is 3.50. The SMILES string of the molecule is CC(=O)C1Cc2ccccc2C1(C)C. The van der Waals surface area contributed by atoms with Crippen LogP contribution in [0.25, 0.3) is 0 Å². The molecule has 0 N–H and O–H groups in total. The highest BCUT2D eigenvalue weighted by Gasteiger charge is 2.41. The lowest BCUT2D eigenvalue weighted by atomic mass is 9.77. The van der Waals surface area contributed by atoms with Crippen LogP contribution in [-0.2, 0) is 16.6 Å². The number of ketones is 1. The zero-order valence-corrected chi connectivity index (χ0v) is 9.00. The zero-order valence-electron chi connectivity index (χ0n) is 9.00. The van der Waals surface area contributed by atoms with Gasteiger partial charge in [-0.05, 0) is 29.9 Å². The molecule has 1 nitrogen and oxygen atoms in total. The second-order valence-corrected chi connectivity index (χ2v) is 4.75.